The Kier molecular flexibility index (Phi) is 6.15. The zero-order valence-electron chi connectivity index (χ0n) is 11.4. The molecule has 0 heterocycles. The van der Waals surface area contributed by atoms with Gasteiger partial charge in [0.15, 0.2) is 0 Å². The van der Waals surface area contributed by atoms with Crippen LogP contribution in [0, 0.1) is 5.92 Å². The van der Waals surface area contributed by atoms with Gasteiger partial charge >= 0.3 is 5.97 Å². The lowest BCUT2D eigenvalue weighted by Gasteiger charge is -2.17. The summed E-state index contributed by atoms with van der Waals surface area (Å²) >= 11 is 3.17. The van der Waals surface area contributed by atoms with Crippen molar-refractivity contribution in [2.45, 2.75) is 24.6 Å². The van der Waals surface area contributed by atoms with Gasteiger partial charge < -0.3 is 14.6 Å². The summed E-state index contributed by atoms with van der Waals surface area (Å²) in [4.78, 5) is 10.3. The lowest BCUT2D eigenvalue weighted by molar-refractivity contribution is -0.136. The van der Waals surface area contributed by atoms with Crippen molar-refractivity contribution >= 4 is 21.9 Å². The Labute approximate surface area is 121 Å². The van der Waals surface area contributed by atoms with Crippen molar-refractivity contribution in [3.63, 3.8) is 0 Å². The van der Waals surface area contributed by atoms with E-state index in [9.17, 15) is 4.79 Å². The van der Waals surface area contributed by atoms with E-state index in [0.717, 1.165) is 17.1 Å². The highest BCUT2D eigenvalue weighted by molar-refractivity contribution is 9.10. The molecule has 2 atom stereocenters. The summed E-state index contributed by atoms with van der Waals surface area (Å²) in [5.74, 6) is 0.907. The first-order valence-electron chi connectivity index (χ1n) is 6.06. The van der Waals surface area contributed by atoms with E-state index in [2.05, 4.69) is 15.9 Å². The number of carboxylic acid groups (broad SMARTS) is 1. The first-order chi connectivity index (χ1) is 8.99. The number of ether oxygens (including phenoxy) is 2. The molecular weight excluding hydrogens is 312 g/mol. The highest BCUT2D eigenvalue weighted by atomic mass is 79.9. The van der Waals surface area contributed by atoms with Crippen LogP contribution < -0.4 is 9.47 Å². The normalized spacial score (nSPS) is 13.7. The largest absolute Gasteiger partial charge is 0.496 e. The molecule has 0 radical (unpaired) electrons. The molecule has 0 aliphatic rings. The van der Waals surface area contributed by atoms with E-state index < -0.39 is 10.8 Å². The lowest BCUT2D eigenvalue weighted by Crippen LogP contribution is -2.17. The van der Waals surface area contributed by atoms with Crippen molar-refractivity contribution in [1.82, 2.24) is 0 Å². The number of alkyl halides is 1. The molecule has 0 fully saturated rings. The summed E-state index contributed by atoms with van der Waals surface area (Å²) in [6.45, 7) is 2.02. The van der Waals surface area contributed by atoms with E-state index in [1.165, 1.54) is 0 Å². The number of halogens is 1. The Hall–Kier alpha value is -1.23. The van der Waals surface area contributed by atoms with Gasteiger partial charge in [0.2, 0.25) is 0 Å². The van der Waals surface area contributed by atoms with Crippen LogP contribution in [0.3, 0.4) is 0 Å². The van der Waals surface area contributed by atoms with E-state index >= 15 is 0 Å². The molecule has 1 N–H and O–H groups in total. The molecule has 0 aliphatic heterocycles. The molecule has 0 saturated carbocycles. The molecule has 0 saturated heterocycles. The molecule has 0 spiro atoms. The van der Waals surface area contributed by atoms with Gasteiger partial charge in [-0.2, -0.15) is 0 Å². The number of methoxy groups -OCH3 is 2. The molecule has 5 heteroatoms. The first kappa shape index (κ1) is 15.8. The maximum Gasteiger partial charge on any atom is 0.317 e. The van der Waals surface area contributed by atoms with Gasteiger partial charge in [0.05, 0.1) is 14.2 Å². The van der Waals surface area contributed by atoms with Gasteiger partial charge in [-0.3, -0.25) is 4.79 Å². The van der Waals surface area contributed by atoms with E-state index in [4.69, 9.17) is 14.6 Å². The highest BCUT2D eigenvalue weighted by Gasteiger charge is 2.19. The van der Waals surface area contributed by atoms with Crippen LogP contribution in [0.25, 0.3) is 0 Å². The molecular formula is C14H19BrO4. The number of aliphatic carboxylic acids is 1. The van der Waals surface area contributed by atoms with Crippen LogP contribution >= 0.6 is 15.9 Å². The van der Waals surface area contributed by atoms with Crippen LogP contribution in [0.1, 0.15) is 18.9 Å². The van der Waals surface area contributed by atoms with Crippen LogP contribution in [-0.2, 0) is 11.2 Å². The second kappa shape index (κ2) is 7.38. The standard InChI is InChI=1S/C14H19BrO4/c1-9(8-11(15)14(16)17)7-10-12(18-2)5-4-6-13(10)19-3/h4-6,9,11H,7-8H2,1-3H3,(H,16,17). The second-order valence-electron chi connectivity index (χ2n) is 4.49. The Balaban J connectivity index is 2.83. The fraction of sp³-hybridized carbons (Fsp3) is 0.500. The third-order valence-electron chi connectivity index (χ3n) is 2.96. The molecule has 1 aromatic rings. The number of rotatable bonds is 7. The fourth-order valence-electron chi connectivity index (χ4n) is 2.02. The number of hydrogen-bond donors (Lipinski definition) is 1. The van der Waals surface area contributed by atoms with E-state index in [1.54, 1.807) is 14.2 Å². The maximum atomic E-state index is 10.8. The molecule has 0 aromatic heterocycles. The maximum absolute atomic E-state index is 10.8. The fourth-order valence-corrected chi connectivity index (χ4v) is 2.65. The summed E-state index contributed by atoms with van der Waals surface area (Å²) in [6, 6.07) is 5.64. The van der Waals surface area contributed by atoms with Crippen molar-refractivity contribution in [2.75, 3.05) is 14.2 Å². The summed E-state index contributed by atoms with van der Waals surface area (Å²) in [5.41, 5.74) is 0.977. The summed E-state index contributed by atoms with van der Waals surface area (Å²) in [5, 5.41) is 8.90. The molecule has 2 unspecified atom stereocenters. The monoisotopic (exact) mass is 330 g/mol. The highest BCUT2D eigenvalue weighted by Crippen LogP contribution is 2.32. The predicted octanol–water partition coefficient (Wildman–Crippen LogP) is 3.12. The molecule has 0 amide bonds. The second-order valence-corrected chi connectivity index (χ2v) is 5.60. The zero-order valence-corrected chi connectivity index (χ0v) is 12.9. The minimum atomic E-state index is -0.834. The number of benzene rings is 1. The average Bonchev–Trinajstić information content (AvgIpc) is 2.38. The summed E-state index contributed by atoms with van der Waals surface area (Å²) < 4.78 is 10.7. The van der Waals surface area contributed by atoms with Crippen molar-refractivity contribution in [3.05, 3.63) is 23.8 Å². The summed E-state index contributed by atoms with van der Waals surface area (Å²) in [7, 11) is 3.24. The van der Waals surface area contributed by atoms with Gasteiger partial charge in [0, 0.05) is 5.56 Å². The Bertz CT molecular complexity index is 411. The third kappa shape index (κ3) is 4.42. The quantitative estimate of drug-likeness (QED) is 0.780. The van der Waals surface area contributed by atoms with Gasteiger partial charge in [-0.1, -0.05) is 28.9 Å². The van der Waals surface area contributed by atoms with E-state index in [1.807, 2.05) is 25.1 Å². The SMILES string of the molecule is COc1cccc(OC)c1CC(C)CC(Br)C(=O)O. The molecule has 19 heavy (non-hydrogen) atoms. The van der Waals surface area contributed by atoms with Crippen molar-refractivity contribution in [3.8, 4) is 11.5 Å². The van der Waals surface area contributed by atoms with Crippen LogP contribution in [0.5, 0.6) is 11.5 Å². The average molecular weight is 331 g/mol. The first-order valence-corrected chi connectivity index (χ1v) is 6.97. The third-order valence-corrected chi connectivity index (χ3v) is 3.73. The summed E-state index contributed by atoms with van der Waals surface area (Å²) in [6.07, 6.45) is 1.26. The van der Waals surface area contributed by atoms with Gasteiger partial charge in [0.25, 0.3) is 0 Å². The van der Waals surface area contributed by atoms with Crippen molar-refractivity contribution in [1.29, 1.82) is 0 Å². The Morgan fingerprint density at radius 2 is 1.84 bits per heavy atom. The number of carboxylic acids is 1. The van der Waals surface area contributed by atoms with Crippen LogP contribution in [0.4, 0.5) is 0 Å². The van der Waals surface area contributed by atoms with Gasteiger partial charge in [-0.15, -0.1) is 0 Å². The topological polar surface area (TPSA) is 55.8 Å². The minimum absolute atomic E-state index is 0.200. The van der Waals surface area contributed by atoms with Gasteiger partial charge in [0.1, 0.15) is 16.3 Å². The zero-order chi connectivity index (χ0) is 14.4. The molecule has 106 valence electrons. The van der Waals surface area contributed by atoms with E-state index in [0.29, 0.717) is 12.8 Å². The Morgan fingerprint density at radius 1 is 1.32 bits per heavy atom. The molecule has 1 aromatic carbocycles. The minimum Gasteiger partial charge on any atom is -0.496 e. The van der Waals surface area contributed by atoms with Crippen molar-refractivity contribution < 1.29 is 19.4 Å². The molecule has 1 rings (SSSR count). The van der Waals surface area contributed by atoms with Crippen LogP contribution in [0.15, 0.2) is 18.2 Å². The molecule has 0 aliphatic carbocycles. The molecule has 4 nitrogen and oxygen atoms in total. The van der Waals surface area contributed by atoms with Crippen LogP contribution in [0.2, 0.25) is 0 Å². The lowest BCUT2D eigenvalue weighted by atomic mass is 9.95. The van der Waals surface area contributed by atoms with Gasteiger partial charge in [-0.25, -0.2) is 0 Å². The van der Waals surface area contributed by atoms with Crippen molar-refractivity contribution in [2.24, 2.45) is 5.92 Å². The number of hydrogen-bond acceptors (Lipinski definition) is 3. The molecule has 0 bridgehead atoms. The van der Waals surface area contributed by atoms with E-state index in [-0.39, 0.29) is 5.92 Å². The van der Waals surface area contributed by atoms with Crippen LogP contribution in [-0.4, -0.2) is 30.1 Å². The number of carbonyl (C=O) groups is 1. The smallest absolute Gasteiger partial charge is 0.317 e. The predicted molar refractivity (Wildman–Crippen MR) is 77.4 cm³/mol. The Morgan fingerprint density at radius 3 is 2.26 bits per heavy atom. The van der Waals surface area contributed by atoms with Gasteiger partial charge in [-0.05, 0) is 30.9 Å².